The van der Waals surface area contributed by atoms with E-state index in [0.717, 1.165) is 24.2 Å². The predicted octanol–water partition coefficient (Wildman–Crippen LogP) is 3.24. The predicted molar refractivity (Wildman–Crippen MR) is 122 cm³/mol. The Morgan fingerprint density at radius 3 is 2.31 bits per heavy atom. The van der Waals surface area contributed by atoms with Gasteiger partial charge in [-0.1, -0.05) is 54.1 Å². The second-order valence-corrected chi connectivity index (χ2v) is 7.19. The molecule has 3 rings (SSSR count). The summed E-state index contributed by atoms with van der Waals surface area (Å²) in [4.78, 5) is 14.8. The van der Waals surface area contributed by atoms with Crippen LogP contribution in [0.15, 0.2) is 54.6 Å². The van der Waals surface area contributed by atoms with Crippen LogP contribution in [0.3, 0.4) is 0 Å². The van der Waals surface area contributed by atoms with Gasteiger partial charge in [0.25, 0.3) is 0 Å². The number of morpholine rings is 1. The fourth-order valence-corrected chi connectivity index (χ4v) is 3.45. The zero-order valence-electron chi connectivity index (χ0n) is 16.1. The molecule has 8 heteroatoms. The molecule has 2 unspecified atom stereocenters. The van der Waals surface area contributed by atoms with Crippen molar-refractivity contribution in [1.82, 2.24) is 10.2 Å². The SMILES string of the molecule is Cl.Cl.NC(Cc1ccccc1)C(=O)NCC(c1ccc(Cl)cc1)N1CCOCC1. The smallest absolute Gasteiger partial charge is 0.237 e. The van der Waals surface area contributed by atoms with Crippen LogP contribution >= 0.6 is 36.4 Å². The number of carbonyl (C=O) groups excluding carboxylic acids is 1. The lowest BCUT2D eigenvalue weighted by atomic mass is 10.0. The molecule has 0 aromatic heterocycles. The van der Waals surface area contributed by atoms with E-state index in [1.165, 1.54) is 0 Å². The maximum atomic E-state index is 12.5. The monoisotopic (exact) mass is 459 g/mol. The molecule has 5 nitrogen and oxygen atoms in total. The normalized spacial score (nSPS) is 16.1. The first-order valence-electron chi connectivity index (χ1n) is 9.28. The molecule has 1 heterocycles. The third-order valence-corrected chi connectivity index (χ3v) is 5.10. The lowest BCUT2D eigenvalue weighted by Gasteiger charge is -2.35. The topological polar surface area (TPSA) is 67.6 Å². The van der Waals surface area contributed by atoms with E-state index in [1.807, 2.05) is 54.6 Å². The van der Waals surface area contributed by atoms with Gasteiger partial charge in [0.15, 0.2) is 0 Å². The molecule has 0 aliphatic carbocycles. The number of ether oxygens (including phenoxy) is 1. The van der Waals surface area contributed by atoms with Crippen molar-refractivity contribution >= 4 is 42.3 Å². The van der Waals surface area contributed by atoms with Crippen molar-refractivity contribution in [3.05, 3.63) is 70.7 Å². The van der Waals surface area contributed by atoms with Crippen LogP contribution in [0.25, 0.3) is 0 Å². The van der Waals surface area contributed by atoms with Gasteiger partial charge in [0.2, 0.25) is 5.91 Å². The summed E-state index contributed by atoms with van der Waals surface area (Å²) in [5.74, 6) is -0.133. The summed E-state index contributed by atoms with van der Waals surface area (Å²) in [6.45, 7) is 3.57. The maximum absolute atomic E-state index is 12.5. The third kappa shape index (κ3) is 7.78. The van der Waals surface area contributed by atoms with Crippen LogP contribution in [0, 0.1) is 0 Å². The molecule has 29 heavy (non-hydrogen) atoms. The molecule has 2 atom stereocenters. The summed E-state index contributed by atoms with van der Waals surface area (Å²) in [6.07, 6.45) is 0.524. The second-order valence-electron chi connectivity index (χ2n) is 6.76. The molecule has 0 radical (unpaired) electrons. The van der Waals surface area contributed by atoms with Gasteiger partial charge < -0.3 is 15.8 Å². The molecule has 0 bridgehead atoms. The molecule has 0 spiro atoms. The number of hydrogen-bond donors (Lipinski definition) is 2. The van der Waals surface area contributed by atoms with Crippen LogP contribution < -0.4 is 11.1 Å². The highest BCUT2D eigenvalue weighted by Gasteiger charge is 2.24. The molecule has 0 saturated carbocycles. The van der Waals surface area contributed by atoms with Gasteiger partial charge in [0.1, 0.15) is 0 Å². The van der Waals surface area contributed by atoms with Crippen LogP contribution in [0.4, 0.5) is 0 Å². The minimum absolute atomic E-state index is 0. The van der Waals surface area contributed by atoms with Gasteiger partial charge in [-0.25, -0.2) is 0 Å². The summed E-state index contributed by atoms with van der Waals surface area (Å²) < 4.78 is 5.46. The number of hydrogen-bond acceptors (Lipinski definition) is 4. The van der Waals surface area contributed by atoms with Gasteiger partial charge in [-0.05, 0) is 29.7 Å². The van der Waals surface area contributed by atoms with Gasteiger partial charge in [-0.2, -0.15) is 0 Å². The molecule has 3 N–H and O–H groups in total. The van der Waals surface area contributed by atoms with Crippen LogP contribution in [-0.4, -0.2) is 49.7 Å². The van der Waals surface area contributed by atoms with E-state index < -0.39 is 6.04 Å². The molecule has 1 amide bonds. The summed E-state index contributed by atoms with van der Waals surface area (Å²) in [7, 11) is 0. The Labute approximate surface area is 189 Å². The van der Waals surface area contributed by atoms with Crippen LogP contribution in [0.1, 0.15) is 17.2 Å². The lowest BCUT2D eigenvalue weighted by Crippen LogP contribution is -2.47. The molecular weight excluding hydrogens is 433 g/mol. The fraction of sp³-hybridized carbons (Fsp3) is 0.381. The summed E-state index contributed by atoms with van der Waals surface area (Å²) in [5.41, 5.74) is 8.29. The number of nitrogens with two attached hydrogens (primary N) is 1. The largest absolute Gasteiger partial charge is 0.379 e. The lowest BCUT2D eigenvalue weighted by molar-refractivity contribution is -0.122. The Hall–Kier alpha value is -1.34. The van der Waals surface area contributed by atoms with Crippen LogP contribution in [-0.2, 0) is 16.0 Å². The summed E-state index contributed by atoms with van der Waals surface area (Å²) in [6, 6.07) is 17.1. The maximum Gasteiger partial charge on any atom is 0.237 e. The Balaban J connectivity index is 0.00000210. The van der Waals surface area contributed by atoms with Gasteiger partial charge in [0, 0.05) is 24.7 Å². The zero-order chi connectivity index (χ0) is 19.1. The minimum atomic E-state index is -0.567. The van der Waals surface area contributed by atoms with E-state index in [4.69, 9.17) is 22.1 Å². The van der Waals surface area contributed by atoms with Crippen molar-refractivity contribution in [2.75, 3.05) is 32.8 Å². The Morgan fingerprint density at radius 2 is 1.69 bits per heavy atom. The minimum Gasteiger partial charge on any atom is -0.379 e. The van der Waals surface area contributed by atoms with Crippen molar-refractivity contribution in [1.29, 1.82) is 0 Å². The average molecular weight is 461 g/mol. The number of amides is 1. The van der Waals surface area contributed by atoms with Crippen molar-refractivity contribution in [3.63, 3.8) is 0 Å². The van der Waals surface area contributed by atoms with E-state index in [9.17, 15) is 4.79 Å². The van der Waals surface area contributed by atoms with Gasteiger partial charge in [-0.15, -0.1) is 24.8 Å². The standard InChI is InChI=1S/C21H26ClN3O2.2ClH/c22-18-8-6-17(7-9-18)20(25-10-12-27-13-11-25)15-24-21(26)19(23)14-16-4-2-1-3-5-16;;/h1-9,19-20H,10-15,23H2,(H,24,26);2*1H. The van der Waals surface area contributed by atoms with E-state index in [2.05, 4.69) is 10.2 Å². The van der Waals surface area contributed by atoms with Gasteiger partial charge >= 0.3 is 0 Å². The number of carbonyl (C=O) groups is 1. The number of benzene rings is 2. The Bertz CT molecular complexity index is 726. The van der Waals surface area contributed by atoms with Gasteiger partial charge in [0.05, 0.1) is 25.3 Å². The Morgan fingerprint density at radius 1 is 1.07 bits per heavy atom. The molecular formula is C21H28Cl3N3O2. The van der Waals surface area contributed by atoms with Crippen molar-refractivity contribution in [2.24, 2.45) is 5.73 Å². The Kier molecular flexibility index (Phi) is 11.6. The second kappa shape index (κ2) is 13.1. The first-order chi connectivity index (χ1) is 13.1. The van der Waals surface area contributed by atoms with E-state index in [0.29, 0.717) is 31.2 Å². The van der Waals surface area contributed by atoms with Crippen LogP contribution in [0.2, 0.25) is 5.02 Å². The van der Waals surface area contributed by atoms with Gasteiger partial charge in [-0.3, -0.25) is 9.69 Å². The number of nitrogens with zero attached hydrogens (tertiary/aromatic N) is 1. The van der Waals surface area contributed by atoms with Crippen molar-refractivity contribution in [2.45, 2.75) is 18.5 Å². The molecule has 1 saturated heterocycles. The average Bonchev–Trinajstić information content (AvgIpc) is 2.71. The highest BCUT2D eigenvalue weighted by molar-refractivity contribution is 6.30. The third-order valence-electron chi connectivity index (χ3n) is 4.85. The molecule has 2 aromatic rings. The first-order valence-corrected chi connectivity index (χ1v) is 9.66. The molecule has 1 aliphatic rings. The molecule has 2 aromatic carbocycles. The molecule has 1 fully saturated rings. The zero-order valence-corrected chi connectivity index (χ0v) is 18.5. The number of nitrogens with one attached hydrogen (secondary N) is 1. The van der Waals surface area contributed by atoms with E-state index >= 15 is 0 Å². The quantitative estimate of drug-likeness (QED) is 0.665. The first kappa shape index (κ1) is 25.7. The highest BCUT2D eigenvalue weighted by atomic mass is 35.5. The van der Waals surface area contributed by atoms with Crippen LogP contribution in [0.5, 0.6) is 0 Å². The number of halogens is 3. The molecule has 1 aliphatic heterocycles. The van der Waals surface area contributed by atoms with E-state index in [-0.39, 0.29) is 36.8 Å². The number of rotatable bonds is 7. The molecule has 160 valence electrons. The fourth-order valence-electron chi connectivity index (χ4n) is 3.32. The summed E-state index contributed by atoms with van der Waals surface area (Å²) in [5, 5.41) is 3.74. The summed E-state index contributed by atoms with van der Waals surface area (Å²) >= 11 is 6.03. The van der Waals surface area contributed by atoms with Crippen molar-refractivity contribution in [3.8, 4) is 0 Å². The highest BCUT2D eigenvalue weighted by Crippen LogP contribution is 2.23. The van der Waals surface area contributed by atoms with Crippen molar-refractivity contribution < 1.29 is 9.53 Å². The van der Waals surface area contributed by atoms with E-state index in [1.54, 1.807) is 0 Å².